The van der Waals surface area contributed by atoms with Gasteiger partial charge in [-0.2, -0.15) is 0 Å². The molecule has 0 fully saturated rings. The van der Waals surface area contributed by atoms with Crippen LogP contribution in [0.25, 0.3) is 0 Å². The van der Waals surface area contributed by atoms with Crippen LogP contribution >= 0.6 is 23.5 Å². The molecule has 0 aliphatic carbocycles. The fourth-order valence-electron chi connectivity index (χ4n) is 1.90. The fraction of sp³-hybridized carbons (Fsp3) is 0.0714. The lowest BCUT2D eigenvalue weighted by molar-refractivity contribution is -0.304. The molecule has 2 nitrogen and oxygen atoms in total. The minimum Gasteiger partial charge on any atom is -0.550 e. The molecule has 4 heteroatoms. The van der Waals surface area contributed by atoms with Crippen LogP contribution in [-0.2, 0) is 11.2 Å². The zero-order chi connectivity index (χ0) is 12.5. The third-order valence-corrected chi connectivity index (χ3v) is 5.33. The molecule has 0 spiro atoms. The van der Waals surface area contributed by atoms with Crippen molar-refractivity contribution in [2.45, 2.75) is 26.0 Å². The largest absolute Gasteiger partial charge is 0.550 e. The Bertz CT molecular complexity index is 623. The van der Waals surface area contributed by atoms with Crippen molar-refractivity contribution in [2.75, 3.05) is 0 Å². The molecule has 0 saturated carbocycles. The molecule has 1 aliphatic heterocycles. The maximum absolute atomic E-state index is 10.8. The van der Waals surface area contributed by atoms with Crippen LogP contribution in [0.2, 0.25) is 0 Å². The van der Waals surface area contributed by atoms with Gasteiger partial charge in [-0.25, -0.2) is 0 Å². The summed E-state index contributed by atoms with van der Waals surface area (Å²) in [6, 6.07) is 13.9. The van der Waals surface area contributed by atoms with E-state index in [4.69, 9.17) is 0 Å². The summed E-state index contributed by atoms with van der Waals surface area (Å²) in [5.41, 5.74) is 0.833. The first-order valence-electron chi connectivity index (χ1n) is 5.50. The zero-order valence-electron chi connectivity index (χ0n) is 9.38. The van der Waals surface area contributed by atoms with Crippen LogP contribution in [0, 0.1) is 0 Å². The van der Waals surface area contributed by atoms with Gasteiger partial charge < -0.3 is 9.90 Å². The number of carboxylic acids is 1. The molecule has 2 aromatic rings. The maximum atomic E-state index is 10.8. The molecule has 90 valence electrons. The number of hydrogen-bond acceptors (Lipinski definition) is 4. The van der Waals surface area contributed by atoms with Crippen LogP contribution in [0.5, 0.6) is 0 Å². The third-order valence-electron chi connectivity index (χ3n) is 2.68. The van der Waals surface area contributed by atoms with Gasteiger partial charge in [0.2, 0.25) is 0 Å². The van der Waals surface area contributed by atoms with Gasteiger partial charge >= 0.3 is 0 Å². The summed E-state index contributed by atoms with van der Waals surface area (Å²) in [5, 5.41) is 10.8. The van der Waals surface area contributed by atoms with Gasteiger partial charge in [0.1, 0.15) is 0 Å². The average Bonchev–Trinajstić information content (AvgIpc) is 2.36. The Kier molecular flexibility index (Phi) is 3.06. The Labute approximate surface area is 113 Å². The Balaban J connectivity index is 2.04. The molecule has 18 heavy (non-hydrogen) atoms. The molecule has 3 rings (SSSR count). The quantitative estimate of drug-likeness (QED) is 0.719. The normalized spacial score (nSPS) is 12.7. The van der Waals surface area contributed by atoms with E-state index in [1.54, 1.807) is 23.5 Å². The fourth-order valence-corrected chi connectivity index (χ4v) is 4.30. The number of hydrogen-bond donors (Lipinski definition) is 0. The van der Waals surface area contributed by atoms with Crippen molar-refractivity contribution >= 4 is 29.5 Å². The summed E-state index contributed by atoms with van der Waals surface area (Å²) in [7, 11) is 0. The number of benzene rings is 2. The molecule has 0 N–H and O–H groups in total. The molecule has 1 aliphatic rings. The summed E-state index contributed by atoms with van der Waals surface area (Å²) in [4.78, 5) is 15.3. The number of carboxylic acid groups (broad SMARTS) is 1. The second-order valence-electron chi connectivity index (χ2n) is 3.94. The van der Waals surface area contributed by atoms with E-state index in [9.17, 15) is 9.90 Å². The highest BCUT2D eigenvalue weighted by molar-refractivity contribution is 8.05. The van der Waals surface area contributed by atoms with E-state index in [2.05, 4.69) is 12.1 Å². The van der Waals surface area contributed by atoms with Gasteiger partial charge in [0.05, 0.1) is 0 Å². The van der Waals surface area contributed by atoms with E-state index in [-0.39, 0.29) is 6.42 Å². The van der Waals surface area contributed by atoms with Gasteiger partial charge in [-0.15, -0.1) is 0 Å². The molecule has 2 aromatic carbocycles. The monoisotopic (exact) mass is 273 g/mol. The Morgan fingerprint density at radius 3 is 2.33 bits per heavy atom. The van der Waals surface area contributed by atoms with Gasteiger partial charge in [0.25, 0.3) is 0 Å². The predicted molar refractivity (Wildman–Crippen MR) is 69.8 cm³/mol. The van der Waals surface area contributed by atoms with E-state index >= 15 is 0 Å². The number of carbonyl (C=O) groups is 1. The maximum Gasteiger partial charge on any atom is 0.0458 e. The molecule has 0 unspecified atom stereocenters. The van der Waals surface area contributed by atoms with Crippen molar-refractivity contribution in [1.82, 2.24) is 0 Å². The number of aliphatic carboxylic acids is 1. The molecular formula is C14H9O2S2-. The van der Waals surface area contributed by atoms with E-state index in [0.717, 1.165) is 15.4 Å². The lowest BCUT2D eigenvalue weighted by atomic mass is 10.1. The van der Waals surface area contributed by atoms with Crippen LogP contribution in [0.1, 0.15) is 5.56 Å². The van der Waals surface area contributed by atoms with Gasteiger partial charge in [-0.1, -0.05) is 47.8 Å². The highest BCUT2D eigenvalue weighted by atomic mass is 32.2. The van der Waals surface area contributed by atoms with Crippen molar-refractivity contribution in [3.63, 3.8) is 0 Å². The van der Waals surface area contributed by atoms with Crippen molar-refractivity contribution < 1.29 is 9.90 Å². The van der Waals surface area contributed by atoms with Gasteiger partial charge in [0, 0.05) is 32.0 Å². The standard InChI is InChI=1S/C14H10O2S2/c15-13(16)8-9-4-3-7-12-14(9)18-11-6-2-1-5-10(11)17-12/h1-7H,8H2,(H,15,16)/p-1. The molecule has 0 radical (unpaired) electrons. The third kappa shape index (κ3) is 2.13. The van der Waals surface area contributed by atoms with Crippen molar-refractivity contribution in [3.8, 4) is 0 Å². The average molecular weight is 273 g/mol. The zero-order valence-corrected chi connectivity index (χ0v) is 11.0. The Morgan fingerprint density at radius 2 is 1.61 bits per heavy atom. The van der Waals surface area contributed by atoms with E-state index in [1.807, 2.05) is 30.3 Å². The molecule has 0 bridgehead atoms. The number of fused-ring (bicyclic) bond motifs is 2. The molecule has 1 heterocycles. The van der Waals surface area contributed by atoms with Gasteiger partial charge in [-0.3, -0.25) is 0 Å². The summed E-state index contributed by atoms with van der Waals surface area (Å²) in [6.45, 7) is 0. The highest BCUT2D eigenvalue weighted by Gasteiger charge is 2.18. The molecule has 0 amide bonds. The number of rotatable bonds is 2. The van der Waals surface area contributed by atoms with Crippen LogP contribution < -0.4 is 5.11 Å². The molecular weight excluding hydrogens is 264 g/mol. The minimum absolute atomic E-state index is 0.0289. The molecule has 0 atom stereocenters. The van der Waals surface area contributed by atoms with E-state index < -0.39 is 5.97 Å². The summed E-state index contributed by atoms with van der Waals surface area (Å²) < 4.78 is 0. The van der Waals surface area contributed by atoms with Crippen LogP contribution in [0.4, 0.5) is 0 Å². The van der Waals surface area contributed by atoms with E-state index in [0.29, 0.717) is 0 Å². The number of carbonyl (C=O) groups excluding carboxylic acids is 1. The van der Waals surface area contributed by atoms with Crippen LogP contribution in [-0.4, -0.2) is 5.97 Å². The van der Waals surface area contributed by atoms with Crippen LogP contribution in [0.3, 0.4) is 0 Å². The highest BCUT2D eigenvalue weighted by Crippen LogP contribution is 2.49. The van der Waals surface area contributed by atoms with Crippen molar-refractivity contribution in [2.24, 2.45) is 0 Å². The first-order valence-corrected chi connectivity index (χ1v) is 7.14. The van der Waals surface area contributed by atoms with Crippen LogP contribution in [0.15, 0.2) is 62.0 Å². The second-order valence-corrected chi connectivity index (χ2v) is 6.08. The lowest BCUT2D eigenvalue weighted by Crippen LogP contribution is -2.24. The summed E-state index contributed by atoms with van der Waals surface area (Å²) in [6.07, 6.45) is -0.0289. The van der Waals surface area contributed by atoms with E-state index in [1.165, 1.54) is 9.79 Å². The lowest BCUT2D eigenvalue weighted by Gasteiger charge is -2.20. The topological polar surface area (TPSA) is 40.1 Å². The summed E-state index contributed by atoms with van der Waals surface area (Å²) in [5.74, 6) is -1.03. The minimum atomic E-state index is -1.03. The van der Waals surface area contributed by atoms with Crippen molar-refractivity contribution in [1.29, 1.82) is 0 Å². The predicted octanol–water partition coefficient (Wildman–Crippen LogP) is 2.59. The summed E-state index contributed by atoms with van der Waals surface area (Å²) >= 11 is 3.33. The molecule has 0 saturated heterocycles. The van der Waals surface area contributed by atoms with Gasteiger partial charge in [-0.05, 0) is 23.8 Å². The first-order chi connectivity index (χ1) is 8.74. The SMILES string of the molecule is O=C([O-])Cc1cccc2c1Sc1ccccc1S2. The smallest absolute Gasteiger partial charge is 0.0458 e. The first kappa shape index (κ1) is 11.7. The molecule has 0 aromatic heterocycles. The van der Waals surface area contributed by atoms with Crippen molar-refractivity contribution in [3.05, 3.63) is 48.0 Å². The Hall–Kier alpha value is -1.39. The van der Waals surface area contributed by atoms with Gasteiger partial charge in [0.15, 0.2) is 0 Å². The Morgan fingerprint density at radius 1 is 0.944 bits per heavy atom. The second kappa shape index (κ2) is 4.71.